The van der Waals surface area contributed by atoms with Crippen LogP contribution in [0, 0.1) is 0 Å². The number of aromatic nitrogens is 3. The number of amides is 1. The van der Waals surface area contributed by atoms with E-state index in [2.05, 4.69) is 20.5 Å². The summed E-state index contributed by atoms with van der Waals surface area (Å²) in [7, 11) is 1.37. The van der Waals surface area contributed by atoms with Crippen LogP contribution in [0.25, 0.3) is 22.9 Å². The van der Waals surface area contributed by atoms with E-state index in [1.54, 1.807) is 36.8 Å². The fourth-order valence-corrected chi connectivity index (χ4v) is 6.13. The van der Waals surface area contributed by atoms with E-state index in [0.717, 1.165) is 37.7 Å². The molecule has 186 valence electrons. The van der Waals surface area contributed by atoms with Crippen LogP contribution in [-0.2, 0) is 22.4 Å². The molecule has 0 spiro atoms. The molecule has 0 aliphatic heterocycles. The minimum absolute atomic E-state index is 0.185. The number of fused-ring (bicyclic) bond motifs is 1. The van der Waals surface area contributed by atoms with Gasteiger partial charge in [0.2, 0.25) is 11.1 Å². The number of anilines is 1. The van der Waals surface area contributed by atoms with Crippen molar-refractivity contribution in [3.8, 4) is 22.9 Å². The number of carbonyl (C=O) groups is 2. The van der Waals surface area contributed by atoms with Crippen molar-refractivity contribution in [2.24, 2.45) is 0 Å². The molecule has 0 atom stereocenters. The number of nitrogens with zero attached hydrogens (tertiary/aromatic N) is 3. The number of thiophene rings is 1. The Bertz CT molecular complexity index is 1350. The van der Waals surface area contributed by atoms with Crippen molar-refractivity contribution in [1.29, 1.82) is 0 Å². The molecular weight excluding hydrogens is 500 g/mol. The first-order chi connectivity index (χ1) is 17.6. The highest BCUT2D eigenvalue weighted by Crippen LogP contribution is 2.38. The van der Waals surface area contributed by atoms with Crippen molar-refractivity contribution >= 4 is 40.0 Å². The summed E-state index contributed by atoms with van der Waals surface area (Å²) in [6.45, 7) is 0. The summed E-state index contributed by atoms with van der Waals surface area (Å²) >= 11 is 2.80. The number of furan rings is 2. The second-order valence-corrected chi connectivity index (χ2v) is 10.3. The standard InChI is InChI=1S/C25H24N4O5S2/c1-32-24(31)20-15-7-3-2-4-10-18(15)36-23(20)26-19(30)11-14-35-25-27-21(16-8-5-12-33-16)22(28-29-25)17-9-6-13-34-17/h5-6,8-9,12-13H,2-4,7,10-11,14H2,1H3,(H,26,30). The summed E-state index contributed by atoms with van der Waals surface area (Å²) in [6, 6.07) is 7.11. The molecule has 4 heterocycles. The average Bonchev–Trinajstić information content (AvgIpc) is 3.64. The number of nitrogens with one attached hydrogen (secondary N) is 1. The SMILES string of the molecule is COC(=O)c1c(NC(=O)CCSc2nnc(-c3ccco3)c(-c3ccco3)n2)sc2c1CCCCC2. The fraction of sp³-hybridized carbons (Fsp3) is 0.320. The zero-order valence-electron chi connectivity index (χ0n) is 19.6. The van der Waals surface area contributed by atoms with Gasteiger partial charge in [0.05, 0.1) is 25.2 Å². The number of rotatable bonds is 8. The summed E-state index contributed by atoms with van der Waals surface area (Å²) in [5.41, 5.74) is 2.52. The third-order valence-electron chi connectivity index (χ3n) is 5.80. The predicted molar refractivity (Wildman–Crippen MR) is 136 cm³/mol. The Morgan fingerprint density at radius 1 is 1.06 bits per heavy atom. The Hall–Kier alpha value is -3.44. The summed E-state index contributed by atoms with van der Waals surface area (Å²) in [5.74, 6) is 0.928. The normalized spacial score (nSPS) is 13.1. The molecule has 9 nitrogen and oxygen atoms in total. The molecule has 0 fully saturated rings. The van der Waals surface area contributed by atoms with Crippen LogP contribution in [-0.4, -0.2) is 39.9 Å². The van der Waals surface area contributed by atoms with E-state index in [-0.39, 0.29) is 12.3 Å². The first-order valence-electron chi connectivity index (χ1n) is 11.6. The molecule has 1 amide bonds. The van der Waals surface area contributed by atoms with E-state index < -0.39 is 5.97 Å². The minimum atomic E-state index is -0.402. The summed E-state index contributed by atoms with van der Waals surface area (Å²) < 4.78 is 16.0. The third kappa shape index (κ3) is 5.21. The number of hydrogen-bond acceptors (Lipinski definition) is 10. The fourth-order valence-electron chi connectivity index (χ4n) is 4.11. The van der Waals surface area contributed by atoms with Crippen molar-refractivity contribution in [3.05, 3.63) is 52.8 Å². The Labute approximate surface area is 215 Å². The van der Waals surface area contributed by atoms with E-state index >= 15 is 0 Å². The lowest BCUT2D eigenvalue weighted by atomic mass is 10.1. The average molecular weight is 525 g/mol. The van der Waals surface area contributed by atoms with Gasteiger partial charge in [-0.15, -0.1) is 21.5 Å². The summed E-state index contributed by atoms with van der Waals surface area (Å²) in [6.07, 6.45) is 8.35. The molecule has 0 saturated carbocycles. The van der Waals surface area contributed by atoms with Gasteiger partial charge in [0.15, 0.2) is 17.2 Å². The summed E-state index contributed by atoms with van der Waals surface area (Å²) in [5, 5.41) is 12.4. The molecule has 1 aliphatic rings. The minimum Gasteiger partial charge on any atom is -0.465 e. The third-order valence-corrected chi connectivity index (χ3v) is 7.85. The first kappa shape index (κ1) is 24.3. The van der Waals surface area contributed by atoms with Gasteiger partial charge in [-0.2, -0.15) is 0 Å². The second-order valence-electron chi connectivity index (χ2n) is 8.15. The van der Waals surface area contributed by atoms with Gasteiger partial charge in [-0.25, -0.2) is 9.78 Å². The number of hydrogen-bond donors (Lipinski definition) is 1. The van der Waals surface area contributed by atoms with E-state index in [1.807, 2.05) is 0 Å². The molecule has 4 aromatic rings. The van der Waals surface area contributed by atoms with Gasteiger partial charge in [0.25, 0.3) is 0 Å². The lowest BCUT2D eigenvalue weighted by molar-refractivity contribution is -0.115. The summed E-state index contributed by atoms with van der Waals surface area (Å²) in [4.78, 5) is 31.0. The quantitative estimate of drug-likeness (QED) is 0.178. The molecule has 4 aromatic heterocycles. The molecular formula is C25H24N4O5S2. The highest BCUT2D eigenvalue weighted by atomic mass is 32.2. The van der Waals surface area contributed by atoms with Crippen LogP contribution in [0.5, 0.6) is 0 Å². The number of esters is 1. The van der Waals surface area contributed by atoms with E-state index in [0.29, 0.717) is 44.4 Å². The van der Waals surface area contributed by atoms with Crippen molar-refractivity contribution < 1.29 is 23.2 Å². The molecule has 0 aromatic carbocycles. The van der Waals surface area contributed by atoms with Gasteiger partial charge < -0.3 is 18.9 Å². The van der Waals surface area contributed by atoms with Crippen molar-refractivity contribution in [3.63, 3.8) is 0 Å². The molecule has 0 radical (unpaired) electrons. The lowest BCUT2D eigenvalue weighted by Gasteiger charge is -2.08. The molecule has 0 saturated heterocycles. The molecule has 36 heavy (non-hydrogen) atoms. The van der Waals surface area contributed by atoms with Crippen LogP contribution in [0.4, 0.5) is 5.00 Å². The van der Waals surface area contributed by atoms with Crippen LogP contribution in [0.3, 0.4) is 0 Å². The maximum absolute atomic E-state index is 12.8. The zero-order valence-corrected chi connectivity index (χ0v) is 21.2. The first-order valence-corrected chi connectivity index (χ1v) is 13.4. The van der Waals surface area contributed by atoms with Crippen LogP contribution >= 0.6 is 23.1 Å². The van der Waals surface area contributed by atoms with Crippen LogP contribution in [0.15, 0.2) is 50.8 Å². The molecule has 0 unspecified atom stereocenters. The number of ether oxygens (including phenoxy) is 1. The highest BCUT2D eigenvalue weighted by molar-refractivity contribution is 7.99. The van der Waals surface area contributed by atoms with Crippen molar-refractivity contribution in [2.45, 2.75) is 43.7 Å². The van der Waals surface area contributed by atoms with Crippen LogP contribution in [0.2, 0.25) is 0 Å². The van der Waals surface area contributed by atoms with E-state index in [9.17, 15) is 9.59 Å². The van der Waals surface area contributed by atoms with Gasteiger partial charge in [-0.1, -0.05) is 18.2 Å². The maximum atomic E-state index is 12.8. The molecule has 1 aliphatic carbocycles. The Morgan fingerprint density at radius 3 is 2.53 bits per heavy atom. The van der Waals surface area contributed by atoms with Crippen molar-refractivity contribution in [2.75, 3.05) is 18.2 Å². The van der Waals surface area contributed by atoms with E-state index in [4.69, 9.17) is 13.6 Å². The van der Waals surface area contributed by atoms with Gasteiger partial charge >= 0.3 is 5.97 Å². The van der Waals surface area contributed by atoms with Gasteiger partial charge in [0, 0.05) is 17.1 Å². The largest absolute Gasteiger partial charge is 0.465 e. The van der Waals surface area contributed by atoms with Gasteiger partial charge in [0.1, 0.15) is 10.7 Å². The lowest BCUT2D eigenvalue weighted by Crippen LogP contribution is -2.15. The van der Waals surface area contributed by atoms with E-state index in [1.165, 1.54) is 35.1 Å². The Morgan fingerprint density at radius 2 is 1.81 bits per heavy atom. The van der Waals surface area contributed by atoms with Gasteiger partial charge in [-0.3, -0.25) is 4.79 Å². The molecule has 11 heteroatoms. The smallest absolute Gasteiger partial charge is 0.341 e. The molecule has 1 N–H and O–H groups in total. The Kier molecular flexibility index (Phi) is 7.47. The number of thioether (sulfide) groups is 1. The Balaban J connectivity index is 1.26. The van der Waals surface area contributed by atoms with Gasteiger partial charge in [-0.05, 0) is 55.5 Å². The topological polar surface area (TPSA) is 120 Å². The molecule has 0 bridgehead atoms. The predicted octanol–water partition coefficient (Wildman–Crippen LogP) is 5.63. The second kappa shape index (κ2) is 11.1. The zero-order chi connectivity index (χ0) is 24.9. The molecule has 5 rings (SSSR count). The van der Waals surface area contributed by atoms with Crippen LogP contribution < -0.4 is 5.32 Å². The van der Waals surface area contributed by atoms with Crippen LogP contribution in [0.1, 0.15) is 46.5 Å². The highest BCUT2D eigenvalue weighted by Gasteiger charge is 2.26. The number of aryl methyl sites for hydroxylation is 1. The number of methoxy groups -OCH3 is 1. The monoisotopic (exact) mass is 524 g/mol. The number of carbonyl (C=O) groups excluding carboxylic acids is 2. The maximum Gasteiger partial charge on any atom is 0.341 e. The van der Waals surface area contributed by atoms with Crippen molar-refractivity contribution in [1.82, 2.24) is 15.2 Å².